The summed E-state index contributed by atoms with van der Waals surface area (Å²) in [5.41, 5.74) is 0.127. The molecule has 0 N–H and O–H groups in total. The molecule has 0 bridgehead atoms. The molecule has 0 fully saturated rings. The van der Waals surface area contributed by atoms with Gasteiger partial charge in [0.25, 0.3) is 6.43 Å². The number of halogens is 3. The summed E-state index contributed by atoms with van der Waals surface area (Å²) < 4.78 is 25.4. The summed E-state index contributed by atoms with van der Waals surface area (Å²) in [6.07, 6.45) is -1.06. The molecule has 0 aliphatic heterocycles. The van der Waals surface area contributed by atoms with E-state index in [0.717, 1.165) is 0 Å². The van der Waals surface area contributed by atoms with Crippen LogP contribution in [0.5, 0.6) is 0 Å². The standard InChI is InChI=1S/C8H6F2INO/c1-4-6(7(9)10)5(3-13)2-12-8(4)11/h2-3,7H,1H3. The van der Waals surface area contributed by atoms with Crippen LogP contribution in [0.2, 0.25) is 0 Å². The molecular weight excluding hydrogens is 291 g/mol. The molecule has 1 heterocycles. The number of rotatable bonds is 2. The first-order chi connectivity index (χ1) is 6.07. The molecule has 2 nitrogen and oxygen atoms in total. The summed E-state index contributed by atoms with van der Waals surface area (Å²) in [6.45, 7) is 1.53. The van der Waals surface area contributed by atoms with Gasteiger partial charge in [-0.05, 0) is 35.1 Å². The number of pyridine rings is 1. The van der Waals surface area contributed by atoms with E-state index >= 15 is 0 Å². The molecule has 0 atom stereocenters. The summed E-state index contributed by atoms with van der Waals surface area (Å²) in [6, 6.07) is 0. The fourth-order valence-electron chi connectivity index (χ4n) is 1.00. The molecule has 0 radical (unpaired) electrons. The molecule has 13 heavy (non-hydrogen) atoms. The fourth-order valence-corrected chi connectivity index (χ4v) is 1.43. The van der Waals surface area contributed by atoms with Crippen LogP contribution in [0.4, 0.5) is 8.78 Å². The highest BCUT2D eigenvalue weighted by molar-refractivity contribution is 14.1. The van der Waals surface area contributed by atoms with Crippen molar-refractivity contribution < 1.29 is 13.6 Å². The number of hydrogen-bond donors (Lipinski definition) is 0. The molecule has 0 spiro atoms. The average Bonchev–Trinajstić information content (AvgIpc) is 2.08. The minimum absolute atomic E-state index is 0.0343. The number of hydrogen-bond acceptors (Lipinski definition) is 2. The summed E-state index contributed by atoms with van der Waals surface area (Å²) in [5, 5.41) is 0. The topological polar surface area (TPSA) is 30.0 Å². The zero-order valence-corrected chi connectivity index (χ0v) is 8.88. The Labute approximate surface area is 87.5 Å². The van der Waals surface area contributed by atoms with Crippen molar-refractivity contribution in [1.82, 2.24) is 4.98 Å². The van der Waals surface area contributed by atoms with Gasteiger partial charge in [-0.2, -0.15) is 0 Å². The first-order valence-electron chi connectivity index (χ1n) is 3.46. The SMILES string of the molecule is Cc1c(I)ncc(C=O)c1C(F)F. The average molecular weight is 297 g/mol. The van der Waals surface area contributed by atoms with Crippen LogP contribution in [0, 0.1) is 10.6 Å². The van der Waals surface area contributed by atoms with Crippen LogP contribution in [0.15, 0.2) is 6.20 Å². The minimum atomic E-state index is -2.63. The minimum Gasteiger partial charge on any atom is -0.298 e. The van der Waals surface area contributed by atoms with Crippen molar-refractivity contribution in [3.8, 4) is 0 Å². The van der Waals surface area contributed by atoms with Gasteiger partial charge in [-0.3, -0.25) is 4.79 Å². The molecule has 0 aromatic carbocycles. The van der Waals surface area contributed by atoms with Crippen molar-refractivity contribution in [1.29, 1.82) is 0 Å². The molecule has 0 aliphatic carbocycles. The van der Waals surface area contributed by atoms with Crippen molar-refractivity contribution in [3.05, 3.63) is 26.6 Å². The molecule has 5 heteroatoms. The number of carbonyl (C=O) groups is 1. The lowest BCUT2D eigenvalue weighted by atomic mass is 10.1. The van der Waals surface area contributed by atoms with Crippen LogP contribution in [-0.4, -0.2) is 11.3 Å². The number of alkyl halides is 2. The van der Waals surface area contributed by atoms with Gasteiger partial charge in [0.2, 0.25) is 0 Å². The van der Waals surface area contributed by atoms with Crippen molar-refractivity contribution in [2.24, 2.45) is 0 Å². The van der Waals surface area contributed by atoms with Gasteiger partial charge in [-0.1, -0.05) is 0 Å². The Morgan fingerprint density at radius 1 is 1.62 bits per heavy atom. The largest absolute Gasteiger partial charge is 0.298 e. The summed E-state index contributed by atoms with van der Waals surface area (Å²) >= 11 is 1.86. The lowest BCUT2D eigenvalue weighted by molar-refractivity contribution is 0.110. The second-order valence-electron chi connectivity index (χ2n) is 2.46. The molecule has 70 valence electrons. The van der Waals surface area contributed by atoms with Gasteiger partial charge in [0.15, 0.2) is 6.29 Å². The zero-order chi connectivity index (χ0) is 10.0. The fraction of sp³-hybridized carbons (Fsp3) is 0.250. The molecule has 0 aliphatic rings. The number of aromatic nitrogens is 1. The maximum absolute atomic E-state index is 12.5. The molecule has 1 rings (SSSR count). The predicted octanol–water partition coefficient (Wildman–Crippen LogP) is 2.74. The third-order valence-corrected chi connectivity index (χ3v) is 2.77. The van der Waals surface area contributed by atoms with Crippen LogP contribution < -0.4 is 0 Å². The van der Waals surface area contributed by atoms with E-state index in [9.17, 15) is 13.6 Å². The quantitative estimate of drug-likeness (QED) is 0.477. The van der Waals surface area contributed by atoms with E-state index in [0.29, 0.717) is 15.6 Å². The van der Waals surface area contributed by atoms with Crippen LogP contribution in [0.1, 0.15) is 27.9 Å². The van der Waals surface area contributed by atoms with Crippen LogP contribution >= 0.6 is 22.6 Å². The third-order valence-electron chi connectivity index (χ3n) is 1.69. The van der Waals surface area contributed by atoms with Gasteiger partial charge in [0.05, 0.1) is 0 Å². The van der Waals surface area contributed by atoms with E-state index in [4.69, 9.17) is 0 Å². The number of aldehydes is 1. The van der Waals surface area contributed by atoms with E-state index in [1.807, 2.05) is 22.6 Å². The van der Waals surface area contributed by atoms with Gasteiger partial charge in [0.1, 0.15) is 3.70 Å². The molecule has 0 unspecified atom stereocenters. The molecule has 0 amide bonds. The van der Waals surface area contributed by atoms with Crippen LogP contribution in [0.3, 0.4) is 0 Å². The highest BCUT2D eigenvalue weighted by atomic mass is 127. The Hall–Kier alpha value is -0.590. The predicted molar refractivity (Wildman–Crippen MR) is 52.0 cm³/mol. The summed E-state index contributed by atoms with van der Waals surface area (Å²) in [4.78, 5) is 14.2. The number of carbonyl (C=O) groups excluding carboxylic acids is 1. The lowest BCUT2D eigenvalue weighted by Crippen LogP contribution is -2.01. The smallest absolute Gasteiger partial charge is 0.264 e. The van der Waals surface area contributed by atoms with Gasteiger partial charge in [-0.15, -0.1) is 0 Å². The van der Waals surface area contributed by atoms with E-state index in [1.54, 1.807) is 0 Å². The normalized spacial score (nSPS) is 10.5. The van der Waals surface area contributed by atoms with E-state index in [2.05, 4.69) is 4.98 Å². The van der Waals surface area contributed by atoms with E-state index < -0.39 is 6.43 Å². The first-order valence-corrected chi connectivity index (χ1v) is 4.54. The Balaban J connectivity index is 3.41. The van der Waals surface area contributed by atoms with Crippen molar-refractivity contribution in [2.45, 2.75) is 13.3 Å². The molecule has 0 saturated carbocycles. The Kier molecular flexibility index (Phi) is 3.29. The zero-order valence-electron chi connectivity index (χ0n) is 6.72. The first kappa shape index (κ1) is 10.5. The van der Waals surface area contributed by atoms with Gasteiger partial charge < -0.3 is 0 Å². The Morgan fingerprint density at radius 3 is 2.69 bits per heavy atom. The van der Waals surface area contributed by atoms with Crippen LogP contribution in [-0.2, 0) is 0 Å². The second kappa shape index (κ2) is 4.08. The van der Waals surface area contributed by atoms with Crippen molar-refractivity contribution >= 4 is 28.9 Å². The molecule has 0 saturated heterocycles. The third kappa shape index (κ3) is 2.01. The summed E-state index contributed by atoms with van der Waals surface area (Å²) in [5.74, 6) is 0. The summed E-state index contributed by atoms with van der Waals surface area (Å²) in [7, 11) is 0. The van der Waals surface area contributed by atoms with Crippen molar-refractivity contribution in [2.75, 3.05) is 0 Å². The Morgan fingerprint density at radius 2 is 2.23 bits per heavy atom. The second-order valence-corrected chi connectivity index (χ2v) is 3.48. The molecule has 1 aromatic rings. The highest BCUT2D eigenvalue weighted by Gasteiger charge is 2.17. The van der Waals surface area contributed by atoms with Crippen molar-refractivity contribution in [3.63, 3.8) is 0 Å². The highest BCUT2D eigenvalue weighted by Crippen LogP contribution is 2.27. The van der Waals surface area contributed by atoms with Gasteiger partial charge in [0, 0.05) is 17.3 Å². The van der Waals surface area contributed by atoms with Gasteiger partial charge in [-0.25, -0.2) is 13.8 Å². The molecule has 1 aromatic heterocycles. The van der Waals surface area contributed by atoms with E-state index in [1.165, 1.54) is 13.1 Å². The maximum Gasteiger partial charge on any atom is 0.264 e. The van der Waals surface area contributed by atoms with Crippen LogP contribution in [0.25, 0.3) is 0 Å². The monoisotopic (exact) mass is 297 g/mol. The lowest BCUT2D eigenvalue weighted by Gasteiger charge is -2.07. The van der Waals surface area contributed by atoms with Gasteiger partial charge >= 0.3 is 0 Å². The van der Waals surface area contributed by atoms with E-state index in [-0.39, 0.29) is 11.1 Å². The number of nitrogens with zero attached hydrogens (tertiary/aromatic N) is 1. The maximum atomic E-state index is 12.5. The molecular formula is C8H6F2INO. The Bertz CT molecular complexity index is 341.